The molecule has 0 amide bonds. The van der Waals surface area contributed by atoms with Crippen LogP contribution in [0.15, 0.2) is 22.8 Å². The molecular formula is C13H19BrN2O. The first-order chi connectivity index (χ1) is 8.20. The highest BCUT2D eigenvalue weighted by atomic mass is 79.9. The highest BCUT2D eigenvalue weighted by Gasteiger charge is 2.35. The van der Waals surface area contributed by atoms with Crippen LogP contribution < -0.4 is 5.73 Å². The second-order valence-corrected chi connectivity index (χ2v) is 5.51. The molecule has 17 heavy (non-hydrogen) atoms. The van der Waals surface area contributed by atoms with Gasteiger partial charge in [-0.3, -0.25) is 4.98 Å². The van der Waals surface area contributed by atoms with Crippen LogP contribution in [0, 0.1) is 5.92 Å². The Morgan fingerprint density at radius 3 is 2.82 bits per heavy atom. The maximum absolute atomic E-state index is 6.24. The Balaban J connectivity index is 1.94. The lowest BCUT2D eigenvalue weighted by atomic mass is 10.0. The number of rotatable bonds is 6. The second kappa shape index (κ2) is 5.94. The average molecular weight is 299 g/mol. The molecule has 4 heteroatoms. The number of hydrogen-bond acceptors (Lipinski definition) is 3. The molecule has 2 atom stereocenters. The van der Waals surface area contributed by atoms with Gasteiger partial charge in [0.2, 0.25) is 0 Å². The van der Waals surface area contributed by atoms with E-state index in [1.807, 2.05) is 25.3 Å². The first-order valence-electron chi connectivity index (χ1n) is 6.18. The van der Waals surface area contributed by atoms with Gasteiger partial charge in [-0.2, -0.15) is 0 Å². The van der Waals surface area contributed by atoms with Gasteiger partial charge < -0.3 is 10.5 Å². The average Bonchev–Trinajstić information content (AvgIpc) is 3.13. The summed E-state index contributed by atoms with van der Waals surface area (Å²) in [7, 11) is 0. The quantitative estimate of drug-likeness (QED) is 0.878. The van der Waals surface area contributed by atoms with E-state index < -0.39 is 0 Å². The predicted molar refractivity (Wildman–Crippen MR) is 71.8 cm³/mol. The van der Waals surface area contributed by atoms with Gasteiger partial charge in [-0.25, -0.2) is 0 Å². The molecule has 0 aliphatic heterocycles. The van der Waals surface area contributed by atoms with Crippen LogP contribution in [0.4, 0.5) is 0 Å². The van der Waals surface area contributed by atoms with Crippen LogP contribution in [0.2, 0.25) is 0 Å². The van der Waals surface area contributed by atoms with Gasteiger partial charge in [-0.1, -0.05) is 0 Å². The zero-order chi connectivity index (χ0) is 12.3. The fourth-order valence-corrected chi connectivity index (χ4v) is 2.35. The molecular weight excluding hydrogens is 280 g/mol. The molecule has 1 saturated carbocycles. The molecule has 1 aromatic heterocycles. The van der Waals surface area contributed by atoms with Gasteiger partial charge in [0.15, 0.2) is 0 Å². The number of pyridine rings is 1. The maximum atomic E-state index is 6.24. The number of nitrogens with zero attached hydrogens (tertiary/aromatic N) is 1. The molecule has 1 fully saturated rings. The first kappa shape index (κ1) is 13.0. The third kappa shape index (κ3) is 3.76. The minimum atomic E-state index is 0.0520. The summed E-state index contributed by atoms with van der Waals surface area (Å²) in [5, 5.41) is 0. The van der Waals surface area contributed by atoms with Crippen molar-refractivity contribution in [2.24, 2.45) is 11.7 Å². The monoisotopic (exact) mass is 298 g/mol. The normalized spacial score (nSPS) is 19.0. The van der Waals surface area contributed by atoms with Crippen LogP contribution in [-0.2, 0) is 11.2 Å². The fraction of sp³-hybridized carbons (Fsp3) is 0.615. The molecule has 1 aliphatic rings. The minimum absolute atomic E-state index is 0.0520. The molecule has 94 valence electrons. The van der Waals surface area contributed by atoms with E-state index in [1.165, 1.54) is 12.8 Å². The van der Waals surface area contributed by atoms with Crippen LogP contribution in [0.3, 0.4) is 0 Å². The zero-order valence-electron chi connectivity index (χ0n) is 10.1. The summed E-state index contributed by atoms with van der Waals surface area (Å²) < 4.78 is 6.76. The van der Waals surface area contributed by atoms with E-state index in [-0.39, 0.29) is 12.1 Å². The number of nitrogens with two attached hydrogens (primary N) is 1. The summed E-state index contributed by atoms with van der Waals surface area (Å²) in [4.78, 5) is 4.36. The molecule has 0 aromatic carbocycles. The molecule has 2 N–H and O–H groups in total. The van der Waals surface area contributed by atoms with E-state index in [9.17, 15) is 0 Å². The van der Waals surface area contributed by atoms with Crippen LogP contribution >= 0.6 is 15.9 Å². The van der Waals surface area contributed by atoms with Crippen molar-refractivity contribution in [2.45, 2.75) is 38.3 Å². The van der Waals surface area contributed by atoms with Gasteiger partial charge in [0.1, 0.15) is 0 Å². The lowest BCUT2D eigenvalue weighted by Gasteiger charge is -2.23. The van der Waals surface area contributed by atoms with Crippen molar-refractivity contribution in [2.75, 3.05) is 6.61 Å². The van der Waals surface area contributed by atoms with Crippen LogP contribution in [0.25, 0.3) is 0 Å². The second-order valence-electron chi connectivity index (χ2n) is 4.59. The Morgan fingerprint density at radius 2 is 2.29 bits per heavy atom. The largest absolute Gasteiger partial charge is 0.377 e. The smallest absolute Gasteiger partial charge is 0.0757 e. The van der Waals surface area contributed by atoms with Crippen LogP contribution in [0.1, 0.15) is 25.5 Å². The van der Waals surface area contributed by atoms with Gasteiger partial charge in [0.05, 0.1) is 6.10 Å². The number of halogens is 1. The minimum Gasteiger partial charge on any atom is -0.377 e. The molecule has 2 unspecified atom stereocenters. The zero-order valence-corrected chi connectivity index (χ0v) is 11.7. The fourth-order valence-electron chi connectivity index (χ4n) is 2.11. The van der Waals surface area contributed by atoms with Gasteiger partial charge in [0, 0.05) is 35.4 Å². The van der Waals surface area contributed by atoms with E-state index in [0.717, 1.165) is 23.2 Å². The highest BCUT2D eigenvalue weighted by molar-refractivity contribution is 9.10. The first-order valence-corrected chi connectivity index (χ1v) is 6.97. The molecule has 1 aliphatic carbocycles. The Morgan fingerprint density at radius 1 is 1.53 bits per heavy atom. The number of ether oxygens (including phenoxy) is 1. The van der Waals surface area contributed by atoms with Gasteiger partial charge in [-0.15, -0.1) is 0 Å². The maximum Gasteiger partial charge on any atom is 0.0757 e. The van der Waals surface area contributed by atoms with Crippen molar-refractivity contribution in [1.29, 1.82) is 0 Å². The summed E-state index contributed by atoms with van der Waals surface area (Å²) in [5.41, 5.74) is 7.27. The van der Waals surface area contributed by atoms with Gasteiger partial charge in [-0.05, 0) is 53.7 Å². The highest BCUT2D eigenvalue weighted by Crippen LogP contribution is 2.35. The molecule has 0 saturated heterocycles. The molecule has 0 bridgehead atoms. The molecule has 3 nitrogen and oxygen atoms in total. The third-order valence-electron chi connectivity index (χ3n) is 3.10. The molecule has 1 heterocycles. The topological polar surface area (TPSA) is 48.1 Å². The lowest BCUT2D eigenvalue weighted by Crippen LogP contribution is -2.40. The Bertz CT molecular complexity index is 351. The molecule has 1 aromatic rings. The summed E-state index contributed by atoms with van der Waals surface area (Å²) in [6.45, 7) is 2.77. The van der Waals surface area contributed by atoms with E-state index in [0.29, 0.717) is 5.92 Å². The molecule has 0 radical (unpaired) electrons. The van der Waals surface area contributed by atoms with Crippen molar-refractivity contribution >= 4 is 15.9 Å². The van der Waals surface area contributed by atoms with Crippen molar-refractivity contribution in [1.82, 2.24) is 4.98 Å². The van der Waals surface area contributed by atoms with E-state index in [2.05, 4.69) is 20.9 Å². The van der Waals surface area contributed by atoms with Crippen molar-refractivity contribution in [3.05, 3.63) is 28.5 Å². The van der Waals surface area contributed by atoms with Crippen molar-refractivity contribution in [3.63, 3.8) is 0 Å². The standard InChI is InChI=1S/C13H19BrN2O/c1-2-17-13(9-3-4-9)12(15)7-11-6-5-10(14)8-16-11/h5-6,8-9,12-13H,2-4,7,15H2,1H3. The summed E-state index contributed by atoms with van der Waals surface area (Å²) in [5.74, 6) is 0.667. The van der Waals surface area contributed by atoms with Gasteiger partial charge >= 0.3 is 0 Å². The van der Waals surface area contributed by atoms with Crippen molar-refractivity contribution in [3.8, 4) is 0 Å². The van der Waals surface area contributed by atoms with E-state index in [1.54, 1.807) is 0 Å². The Labute approximate surface area is 111 Å². The predicted octanol–water partition coefficient (Wildman–Crippen LogP) is 2.53. The summed E-state index contributed by atoms with van der Waals surface area (Å²) >= 11 is 3.38. The summed E-state index contributed by atoms with van der Waals surface area (Å²) in [6.07, 6.45) is 5.31. The SMILES string of the molecule is CCOC(C(N)Cc1ccc(Br)cn1)C1CC1. The molecule has 0 spiro atoms. The van der Waals surface area contributed by atoms with Gasteiger partial charge in [0.25, 0.3) is 0 Å². The van der Waals surface area contributed by atoms with Crippen molar-refractivity contribution < 1.29 is 4.74 Å². The lowest BCUT2D eigenvalue weighted by molar-refractivity contribution is 0.0286. The number of aromatic nitrogens is 1. The Hall–Kier alpha value is -0.450. The van der Waals surface area contributed by atoms with Crippen LogP contribution in [0.5, 0.6) is 0 Å². The Kier molecular flexibility index (Phi) is 4.54. The van der Waals surface area contributed by atoms with E-state index in [4.69, 9.17) is 10.5 Å². The number of hydrogen-bond donors (Lipinski definition) is 1. The van der Waals surface area contributed by atoms with Crippen LogP contribution in [-0.4, -0.2) is 23.7 Å². The van der Waals surface area contributed by atoms with E-state index >= 15 is 0 Å². The third-order valence-corrected chi connectivity index (χ3v) is 3.57. The molecule has 2 rings (SSSR count). The summed E-state index contributed by atoms with van der Waals surface area (Å²) in [6, 6.07) is 4.07.